The number of carbonyl (C=O) groups excluding carboxylic acids is 2. The van der Waals surface area contributed by atoms with Crippen molar-refractivity contribution in [3.05, 3.63) is 89.5 Å². The van der Waals surface area contributed by atoms with Crippen LogP contribution in [0, 0.1) is 5.41 Å². The molecular formula is C36H46O11. The molecule has 11 heteroatoms. The number of carboxylic acids is 1. The first kappa shape index (κ1) is 37.6. The fraction of sp³-hybridized carbons (Fsp3) is 0.472. The van der Waals surface area contributed by atoms with Crippen molar-refractivity contribution in [3.63, 3.8) is 0 Å². The Labute approximate surface area is 276 Å². The predicted octanol–water partition coefficient (Wildman–Crippen LogP) is 5.41. The number of benzene rings is 2. The van der Waals surface area contributed by atoms with Gasteiger partial charge in [0.05, 0.1) is 38.6 Å². The fourth-order valence-corrected chi connectivity index (χ4v) is 5.59. The van der Waals surface area contributed by atoms with E-state index < -0.39 is 47.6 Å². The van der Waals surface area contributed by atoms with Crippen molar-refractivity contribution >= 4 is 18.2 Å². The SMILES string of the molecule is COc1ccc(CO[C@H](C[C@@H]2CC(=CC(=O)O)[C@H](OC(C)=O)[C@](OC)(C(C)(C)/C=C/C=O)O2)[C@@H](C)OCOCc2ccccc2)cc1. The maximum absolute atomic E-state index is 12.3. The summed E-state index contributed by atoms with van der Waals surface area (Å²) in [4.78, 5) is 35.6. The molecule has 0 unspecified atom stereocenters. The van der Waals surface area contributed by atoms with Crippen molar-refractivity contribution in [1.29, 1.82) is 0 Å². The highest BCUT2D eigenvalue weighted by atomic mass is 16.7. The van der Waals surface area contributed by atoms with Crippen LogP contribution in [0.1, 0.15) is 51.7 Å². The molecule has 5 atom stereocenters. The zero-order valence-electron chi connectivity index (χ0n) is 27.9. The lowest BCUT2D eigenvalue weighted by Crippen LogP contribution is -2.63. The molecule has 0 bridgehead atoms. The third-order valence-corrected chi connectivity index (χ3v) is 8.04. The van der Waals surface area contributed by atoms with Crippen LogP contribution in [0.5, 0.6) is 5.75 Å². The number of hydrogen-bond acceptors (Lipinski definition) is 10. The van der Waals surface area contributed by atoms with Crippen LogP contribution in [-0.2, 0) is 56.0 Å². The lowest BCUT2D eigenvalue weighted by molar-refractivity contribution is -0.339. The second kappa shape index (κ2) is 17.9. The molecule has 0 aromatic heterocycles. The van der Waals surface area contributed by atoms with Gasteiger partial charge >= 0.3 is 11.9 Å². The lowest BCUT2D eigenvalue weighted by atomic mass is 9.74. The Morgan fingerprint density at radius 3 is 2.32 bits per heavy atom. The average molecular weight is 655 g/mol. The minimum absolute atomic E-state index is 0.00814. The number of hydrogen-bond donors (Lipinski definition) is 1. The number of ether oxygens (including phenoxy) is 7. The molecule has 1 aliphatic heterocycles. The number of methoxy groups -OCH3 is 2. The lowest BCUT2D eigenvalue weighted by Gasteiger charge is -2.53. The summed E-state index contributed by atoms with van der Waals surface area (Å²) in [5, 5.41) is 9.79. The van der Waals surface area contributed by atoms with Crippen LogP contribution in [0.15, 0.2) is 78.4 Å². The van der Waals surface area contributed by atoms with Crippen LogP contribution in [0.2, 0.25) is 0 Å². The number of esters is 1. The Bertz CT molecular complexity index is 1350. The van der Waals surface area contributed by atoms with Gasteiger partial charge in [-0.15, -0.1) is 0 Å². The van der Waals surface area contributed by atoms with Gasteiger partial charge in [-0.25, -0.2) is 4.79 Å². The van der Waals surface area contributed by atoms with Gasteiger partial charge in [-0.3, -0.25) is 9.59 Å². The van der Waals surface area contributed by atoms with Gasteiger partial charge in [0, 0.05) is 31.9 Å². The van der Waals surface area contributed by atoms with Crippen molar-refractivity contribution < 1.29 is 52.6 Å². The predicted molar refractivity (Wildman–Crippen MR) is 172 cm³/mol. The molecule has 11 nitrogen and oxygen atoms in total. The summed E-state index contributed by atoms with van der Waals surface area (Å²) in [7, 11) is 2.99. The van der Waals surface area contributed by atoms with Crippen molar-refractivity contribution in [2.75, 3.05) is 21.0 Å². The monoisotopic (exact) mass is 654 g/mol. The molecule has 0 saturated carbocycles. The Balaban J connectivity index is 1.91. The molecule has 1 aliphatic rings. The molecule has 1 heterocycles. The van der Waals surface area contributed by atoms with Gasteiger partial charge < -0.3 is 38.3 Å². The topological polar surface area (TPSA) is 136 Å². The standard InChI is InChI=1S/C36H46O11/c1-25(45-24-43-22-27-11-8-7-9-12-27)32(44-23-28-13-15-30(41-5)16-14-28)21-31-19-29(20-33(39)40)34(46-26(2)38)36(42-6,47-31)35(3,4)17-10-18-37/h7-18,20,25,31-32,34H,19,21-24H2,1-6H3,(H,39,40)/b17-10+,29-20?/t25-,31+,32-,34+,36-/m1/s1. The van der Waals surface area contributed by atoms with Crippen LogP contribution in [0.3, 0.4) is 0 Å². The normalized spacial score (nSPS) is 22.1. The van der Waals surface area contributed by atoms with Crippen molar-refractivity contribution in [2.24, 2.45) is 5.41 Å². The third-order valence-electron chi connectivity index (χ3n) is 8.04. The number of aliphatic carboxylic acids is 1. The maximum Gasteiger partial charge on any atom is 0.328 e. The van der Waals surface area contributed by atoms with E-state index in [1.165, 1.54) is 20.1 Å². The summed E-state index contributed by atoms with van der Waals surface area (Å²) < 4.78 is 41.9. The van der Waals surface area contributed by atoms with Gasteiger partial charge in [0.15, 0.2) is 6.10 Å². The number of carbonyl (C=O) groups is 3. The van der Waals surface area contributed by atoms with E-state index >= 15 is 0 Å². The molecule has 0 amide bonds. The third kappa shape index (κ3) is 10.6. The van der Waals surface area contributed by atoms with E-state index in [1.54, 1.807) is 27.0 Å². The Morgan fingerprint density at radius 2 is 1.72 bits per heavy atom. The summed E-state index contributed by atoms with van der Waals surface area (Å²) in [6.45, 7) is 7.22. The molecule has 1 N–H and O–H groups in total. The van der Waals surface area contributed by atoms with E-state index in [0.717, 1.165) is 23.0 Å². The molecule has 0 radical (unpaired) electrons. The number of carboxylic acid groups (broad SMARTS) is 1. The van der Waals surface area contributed by atoms with Crippen LogP contribution in [-0.4, -0.2) is 74.5 Å². The zero-order chi connectivity index (χ0) is 34.5. The second-order valence-electron chi connectivity index (χ2n) is 11.8. The summed E-state index contributed by atoms with van der Waals surface area (Å²) in [5.74, 6) is -2.85. The van der Waals surface area contributed by atoms with Crippen molar-refractivity contribution in [3.8, 4) is 5.75 Å². The molecule has 0 spiro atoms. The van der Waals surface area contributed by atoms with Crippen molar-refractivity contribution in [2.45, 2.75) is 84.0 Å². The molecular weight excluding hydrogens is 608 g/mol. The average Bonchev–Trinajstić information content (AvgIpc) is 3.05. The summed E-state index contributed by atoms with van der Waals surface area (Å²) in [5.41, 5.74) is 1.12. The highest BCUT2D eigenvalue weighted by Gasteiger charge is 2.59. The van der Waals surface area contributed by atoms with E-state index in [9.17, 15) is 19.5 Å². The van der Waals surface area contributed by atoms with E-state index in [-0.39, 0.29) is 31.8 Å². The van der Waals surface area contributed by atoms with Gasteiger partial charge in [-0.1, -0.05) is 62.4 Å². The van der Waals surface area contributed by atoms with Crippen molar-refractivity contribution in [1.82, 2.24) is 0 Å². The number of rotatable bonds is 18. The molecule has 1 fully saturated rings. The number of aldehydes is 1. The smallest absolute Gasteiger partial charge is 0.328 e. The van der Waals surface area contributed by atoms with Gasteiger partial charge in [0.2, 0.25) is 5.79 Å². The first-order chi connectivity index (χ1) is 22.4. The van der Waals surface area contributed by atoms with Gasteiger partial charge in [0.1, 0.15) is 18.8 Å². The molecule has 256 valence electrons. The van der Waals surface area contributed by atoms with Crippen LogP contribution < -0.4 is 4.74 Å². The molecule has 2 aromatic carbocycles. The molecule has 1 saturated heterocycles. The summed E-state index contributed by atoms with van der Waals surface area (Å²) >= 11 is 0. The van der Waals surface area contributed by atoms with Crippen LogP contribution in [0.4, 0.5) is 0 Å². The minimum Gasteiger partial charge on any atom is -0.497 e. The van der Waals surface area contributed by atoms with Crippen LogP contribution >= 0.6 is 0 Å². The highest BCUT2D eigenvalue weighted by molar-refractivity contribution is 5.81. The Morgan fingerprint density at radius 1 is 1.04 bits per heavy atom. The first-order valence-corrected chi connectivity index (χ1v) is 15.4. The van der Waals surface area contributed by atoms with Crippen LogP contribution in [0.25, 0.3) is 0 Å². The molecule has 3 rings (SSSR count). The fourth-order valence-electron chi connectivity index (χ4n) is 5.59. The quantitative estimate of drug-likeness (QED) is 0.0727. The minimum atomic E-state index is -1.70. The van der Waals surface area contributed by atoms with E-state index in [1.807, 2.05) is 61.5 Å². The first-order valence-electron chi connectivity index (χ1n) is 15.4. The second-order valence-corrected chi connectivity index (χ2v) is 11.8. The number of allylic oxidation sites excluding steroid dienone is 1. The Hall–Kier alpha value is -3.87. The van der Waals surface area contributed by atoms with E-state index in [4.69, 9.17) is 33.2 Å². The van der Waals surface area contributed by atoms with E-state index in [0.29, 0.717) is 12.9 Å². The maximum atomic E-state index is 12.3. The Kier molecular flexibility index (Phi) is 14.3. The summed E-state index contributed by atoms with van der Waals surface area (Å²) in [6.07, 6.45) is 1.92. The summed E-state index contributed by atoms with van der Waals surface area (Å²) in [6, 6.07) is 17.2. The molecule has 47 heavy (non-hydrogen) atoms. The zero-order valence-corrected chi connectivity index (χ0v) is 27.9. The van der Waals surface area contributed by atoms with Gasteiger partial charge in [0.25, 0.3) is 0 Å². The molecule has 2 aromatic rings. The van der Waals surface area contributed by atoms with Gasteiger partial charge in [-0.05, 0) is 48.3 Å². The molecule has 0 aliphatic carbocycles. The largest absolute Gasteiger partial charge is 0.497 e. The highest BCUT2D eigenvalue weighted by Crippen LogP contribution is 2.48. The van der Waals surface area contributed by atoms with E-state index in [2.05, 4.69) is 0 Å². The van der Waals surface area contributed by atoms with Gasteiger partial charge in [-0.2, -0.15) is 0 Å².